The molecule has 2 fully saturated rings. The molecule has 15 heteroatoms. The van der Waals surface area contributed by atoms with Crippen LogP contribution in [-0.4, -0.2) is 46.3 Å². The van der Waals surface area contributed by atoms with Crippen LogP contribution in [0.5, 0.6) is 17.2 Å². The predicted octanol–water partition coefficient (Wildman–Crippen LogP) is 6.57. The number of carbonyl (C=O) groups excluding carboxylic acids is 1. The van der Waals surface area contributed by atoms with Gasteiger partial charge in [-0.3, -0.25) is 14.5 Å². The number of nitrogens with zero attached hydrogens (tertiary/aromatic N) is 1. The van der Waals surface area contributed by atoms with Crippen molar-refractivity contribution < 1.29 is 45.5 Å². The standard InChI is InChI=1S/C31H32Cl2F2N2O8S/c32-24-13-36-14-25(33)23(24)11-28(20-7-8-26(45-31(34)35)29(9-20)42-16-19-3-4-19)44-30(38)21-5-6-22(12-37-17-43-46(39)40)27(10-21)41-15-18-1-2-18/h5-10,13-14,18-19,28,31,37H,1-4,11-12,15-17H2,(H,39,40)/p-1/t28-/m0/s1. The van der Waals surface area contributed by atoms with Crippen LogP contribution in [0, 0.1) is 11.8 Å². The second kappa shape index (κ2) is 16.2. The Morgan fingerprint density at radius 2 is 1.65 bits per heavy atom. The second-order valence-electron chi connectivity index (χ2n) is 11.0. The molecule has 1 aromatic heterocycles. The Kier molecular flexibility index (Phi) is 12.0. The van der Waals surface area contributed by atoms with E-state index in [1.807, 2.05) is 0 Å². The van der Waals surface area contributed by atoms with Gasteiger partial charge in [0, 0.05) is 30.9 Å². The minimum Gasteiger partial charge on any atom is -0.750 e. The molecule has 0 bridgehead atoms. The minimum atomic E-state index is -3.06. The lowest BCUT2D eigenvalue weighted by Gasteiger charge is -2.22. The van der Waals surface area contributed by atoms with Crippen molar-refractivity contribution >= 4 is 40.5 Å². The van der Waals surface area contributed by atoms with Gasteiger partial charge in [0.2, 0.25) is 0 Å². The SMILES string of the molecule is O=C(O[C@@H](Cc1c(Cl)cncc1Cl)c1ccc(OC(F)F)c(OCC2CC2)c1)c1ccc(CNCOS(=O)[O-])c(OCC2CC2)c1. The summed E-state index contributed by atoms with van der Waals surface area (Å²) in [4.78, 5) is 17.6. The molecule has 0 saturated heterocycles. The lowest BCUT2D eigenvalue weighted by atomic mass is 10.0. The van der Waals surface area contributed by atoms with Crippen molar-refractivity contribution in [2.75, 3.05) is 19.9 Å². The summed E-state index contributed by atoms with van der Waals surface area (Å²) in [7, 11) is 0. The Morgan fingerprint density at radius 3 is 2.28 bits per heavy atom. The summed E-state index contributed by atoms with van der Waals surface area (Å²) in [6.07, 6.45) is 5.97. The number of alkyl halides is 2. The fraction of sp³-hybridized carbons (Fsp3) is 0.419. The van der Waals surface area contributed by atoms with Gasteiger partial charge in [0.25, 0.3) is 0 Å². The van der Waals surface area contributed by atoms with Gasteiger partial charge >= 0.3 is 12.6 Å². The van der Waals surface area contributed by atoms with Crippen molar-refractivity contribution in [1.82, 2.24) is 10.3 Å². The maximum absolute atomic E-state index is 13.6. The van der Waals surface area contributed by atoms with Crippen LogP contribution in [-0.2, 0) is 33.2 Å². The van der Waals surface area contributed by atoms with Gasteiger partial charge in [0.05, 0.1) is 40.2 Å². The Balaban J connectivity index is 1.41. The summed E-state index contributed by atoms with van der Waals surface area (Å²) in [5, 5.41) is 3.37. The quantitative estimate of drug-likeness (QED) is 0.0674. The Labute approximate surface area is 277 Å². The van der Waals surface area contributed by atoms with Crippen molar-refractivity contribution in [3.8, 4) is 17.2 Å². The molecule has 1 unspecified atom stereocenters. The summed E-state index contributed by atoms with van der Waals surface area (Å²) in [5.41, 5.74) is 1.77. The van der Waals surface area contributed by atoms with E-state index < -0.39 is 30.0 Å². The van der Waals surface area contributed by atoms with Crippen molar-refractivity contribution in [1.29, 1.82) is 0 Å². The van der Waals surface area contributed by atoms with Gasteiger partial charge in [-0.2, -0.15) is 8.78 Å². The van der Waals surface area contributed by atoms with E-state index in [1.165, 1.54) is 30.6 Å². The number of rotatable bonds is 18. The number of aromatic nitrogens is 1. The number of hydrogen-bond acceptors (Lipinski definition) is 10. The van der Waals surface area contributed by atoms with Gasteiger partial charge in [0.15, 0.2) is 11.5 Å². The first-order valence-electron chi connectivity index (χ1n) is 14.6. The molecule has 0 spiro atoms. The van der Waals surface area contributed by atoms with Crippen LogP contribution in [0.2, 0.25) is 10.0 Å². The summed E-state index contributed by atoms with van der Waals surface area (Å²) < 4.78 is 74.7. The third kappa shape index (κ3) is 10.2. The number of hydrogen-bond donors (Lipinski definition) is 1. The average molecular weight is 701 g/mol. The summed E-state index contributed by atoms with van der Waals surface area (Å²) in [6.45, 7) is -2.29. The number of esters is 1. The summed E-state index contributed by atoms with van der Waals surface area (Å²) >= 11 is 10.2. The van der Waals surface area contributed by atoms with Crippen LogP contribution in [0.3, 0.4) is 0 Å². The zero-order chi connectivity index (χ0) is 32.6. The molecule has 0 amide bonds. The highest BCUT2D eigenvalue weighted by Crippen LogP contribution is 2.38. The highest BCUT2D eigenvalue weighted by Gasteiger charge is 2.27. The lowest BCUT2D eigenvalue weighted by molar-refractivity contribution is -0.0515. The normalized spacial score (nSPS) is 15.8. The number of benzene rings is 2. The molecule has 1 heterocycles. The van der Waals surface area contributed by atoms with Gasteiger partial charge in [0.1, 0.15) is 18.6 Å². The van der Waals surface area contributed by atoms with Crippen LogP contribution in [0.1, 0.15) is 58.8 Å². The van der Waals surface area contributed by atoms with E-state index in [0.29, 0.717) is 47.5 Å². The van der Waals surface area contributed by atoms with Crippen LogP contribution in [0.25, 0.3) is 0 Å². The Bertz CT molecular complexity index is 1520. The largest absolute Gasteiger partial charge is 0.750 e. The lowest BCUT2D eigenvalue weighted by Crippen LogP contribution is -2.19. The molecule has 2 saturated carbocycles. The molecular weight excluding hydrogens is 669 g/mol. The van der Waals surface area contributed by atoms with Crippen molar-refractivity contribution in [3.05, 3.63) is 81.1 Å². The fourth-order valence-electron chi connectivity index (χ4n) is 4.50. The molecular formula is C31H31Cl2F2N2O8S-. The first-order chi connectivity index (χ1) is 22.2. The average Bonchev–Trinajstić information content (AvgIpc) is 3.95. The monoisotopic (exact) mass is 699 g/mol. The smallest absolute Gasteiger partial charge is 0.387 e. The Morgan fingerprint density at radius 1 is 0.978 bits per heavy atom. The van der Waals surface area contributed by atoms with E-state index in [2.05, 4.69) is 19.2 Å². The first-order valence-corrected chi connectivity index (χ1v) is 16.3. The van der Waals surface area contributed by atoms with Gasteiger partial charge < -0.3 is 23.5 Å². The molecule has 0 aliphatic heterocycles. The molecule has 46 heavy (non-hydrogen) atoms. The van der Waals surface area contributed by atoms with Crippen molar-refractivity contribution in [2.45, 2.75) is 51.4 Å². The van der Waals surface area contributed by atoms with Crippen LogP contribution in [0.15, 0.2) is 48.8 Å². The molecule has 2 atom stereocenters. The maximum atomic E-state index is 13.6. The molecule has 10 nitrogen and oxygen atoms in total. The summed E-state index contributed by atoms with van der Waals surface area (Å²) in [5.74, 6) is 0.450. The highest BCUT2D eigenvalue weighted by molar-refractivity contribution is 7.74. The van der Waals surface area contributed by atoms with E-state index in [9.17, 15) is 22.3 Å². The highest BCUT2D eigenvalue weighted by atomic mass is 35.5. The molecule has 2 aliphatic rings. The van der Waals surface area contributed by atoms with Crippen molar-refractivity contribution in [2.24, 2.45) is 11.8 Å². The number of carbonyl (C=O) groups is 1. The number of halogens is 4. The third-order valence-electron chi connectivity index (χ3n) is 7.37. The number of pyridine rings is 1. The Hall–Kier alpha value is -3.07. The molecule has 5 rings (SSSR count). The first kappa shape index (κ1) is 34.3. The molecule has 0 radical (unpaired) electrons. The van der Waals surface area contributed by atoms with E-state index in [-0.39, 0.29) is 46.8 Å². The van der Waals surface area contributed by atoms with Crippen LogP contribution >= 0.6 is 23.2 Å². The van der Waals surface area contributed by atoms with E-state index in [0.717, 1.165) is 25.7 Å². The van der Waals surface area contributed by atoms with E-state index in [4.69, 9.17) is 37.4 Å². The van der Waals surface area contributed by atoms with Gasteiger partial charge in [-0.1, -0.05) is 35.3 Å². The molecule has 1 N–H and O–H groups in total. The second-order valence-corrected chi connectivity index (χ2v) is 12.4. The van der Waals surface area contributed by atoms with Gasteiger partial charge in [-0.05, 0) is 72.9 Å². The van der Waals surface area contributed by atoms with E-state index >= 15 is 0 Å². The van der Waals surface area contributed by atoms with Gasteiger partial charge in [-0.25, -0.2) is 9.00 Å². The zero-order valence-electron chi connectivity index (χ0n) is 24.4. The number of nitrogens with one attached hydrogen (secondary N) is 1. The van der Waals surface area contributed by atoms with Crippen LogP contribution in [0.4, 0.5) is 8.78 Å². The predicted molar refractivity (Wildman–Crippen MR) is 164 cm³/mol. The molecule has 248 valence electrons. The van der Waals surface area contributed by atoms with Gasteiger partial charge in [-0.15, -0.1) is 0 Å². The topological polar surface area (TPSA) is 128 Å². The number of ether oxygens (including phenoxy) is 4. The van der Waals surface area contributed by atoms with Crippen molar-refractivity contribution in [3.63, 3.8) is 0 Å². The zero-order valence-corrected chi connectivity index (χ0v) is 26.8. The van der Waals surface area contributed by atoms with E-state index in [1.54, 1.807) is 18.2 Å². The molecule has 2 aliphatic carbocycles. The van der Waals surface area contributed by atoms with Crippen LogP contribution < -0.4 is 19.5 Å². The fourth-order valence-corrected chi connectivity index (χ4v) is 5.19. The third-order valence-corrected chi connectivity index (χ3v) is 8.33. The summed E-state index contributed by atoms with van der Waals surface area (Å²) in [6, 6.07) is 9.16. The minimum absolute atomic E-state index is 0.0389. The molecule has 3 aromatic rings. The molecule has 2 aromatic carbocycles. The maximum Gasteiger partial charge on any atom is 0.387 e.